The third-order valence-corrected chi connectivity index (χ3v) is 5.83. The Balaban J connectivity index is 2.33. The van der Waals surface area contributed by atoms with Crippen LogP contribution in [0.1, 0.15) is 93.4 Å². The van der Waals surface area contributed by atoms with E-state index in [0.29, 0.717) is 0 Å². The molecule has 2 aromatic carbocycles. The van der Waals surface area contributed by atoms with Crippen molar-refractivity contribution in [3.63, 3.8) is 0 Å². The molecule has 0 saturated carbocycles. The van der Waals surface area contributed by atoms with Crippen molar-refractivity contribution in [1.82, 2.24) is 0 Å². The lowest BCUT2D eigenvalue weighted by Crippen LogP contribution is -2.10. The second-order valence-corrected chi connectivity index (χ2v) is 8.12. The Morgan fingerprint density at radius 2 is 1.57 bits per heavy atom. The number of hydrogen-bond donors (Lipinski definition) is 1. The van der Waals surface area contributed by atoms with Crippen LogP contribution in [0, 0.1) is 0 Å². The monoisotopic (exact) mass is 410 g/mol. The molecule has 0 amide bonds. The van der Waals surface area contributed by atoms with Crippen LogP contribution in [0.2, 0.25) is 0 Å². The molecule has 0 saturated heterocycles. The van der Waals surface area contributed by atoms with Crippen molar-refractivity contribution < 1.29 is 14.6 Å². The van der Waals surface area contributed by atoms with E-state index < -0.39 is 6.16 Å². The molecule has 2 aromatic rings. The van der Waals surface area contributed by atoms with Gasteiger partial charge < -0.3 is 9.84 Å². The van der Waals surface area contributed by atoms with Gasteiger partial charge in [0, 0.05) is 5.92 Å². The summed E-state index contributed by atoms with van der Waals surface area (Å²) in [6.45, 7) is 4.76. The van der Waals surface area contributed by atoms with Gasteiger partial charge in [-0.05, 0) is 60.8 Å². The Kier molecular flexibility index (Phi) is 11.1. The molecule has 1 unspecified atom stereocenters. The first-order chi connectivity index (χ1) is 14.7. The van der Waals surface area contributed by atoms with E-state index in [1.54, 1.807) is 0 Å². The van der Waals surface area contributed by atoms with Gasteiger partial charge in [-0.3, -0.25) is 0 Å². The van der Waals surface area contributed by atoms with Crippen LogP contribution in [0.3, 0.4) is 0 Å². The van der Waals surface area contributed by atoms with Gasteiger partial charge in [0.1, 0.15) is 0 Å². The van der Waals surface area contributed by atoms with Crippen LogP contribution in [0.5, 0.6) is 0 Å². The van der Waals surface area contributed by atoms with Gasteiger partial charge >= 0.3 is 6.16 Å². The van der Waals surface area contributed by atoms with Crippen molar-refractivity contribution >= 4 is 6.16 Å². The van der Waals surface area contributed by atoms with Gasteiger partial charge in [-0.2, -0.15) is 0 Å². The van der Waals surface area contributed by atoms with Crippen LogP contribution >= 0.6 is 0 Å². The van der Waals surface area contributed by atoms with E-state index in [0.717, 1.165) is 25.7 Å². The number of unbranched alkanes of at least 4 members (excludes halogenated alkanes) is 4. The Labute approximate surface area is 182 Å². The fourth-order valence-corrected chi connectivity index (χ4v) is 4.27. The predicted octanol–water partition coefficient (Wildman–Crippen LogP) is 7.76. The number of hydrogen-bond acceptors (Lipinski definition) is 2. The minimum absolute atomic E-state index is 0.250. The molecule has 0 aliphatic heterocycles. The SMILES string of the molecule is CCCCCc1cccc(C(CCCOC(=O)O)c2ccccc2)c1CCCCC. The normalized spacial score (nSPS) is 11.9. The average Bonchev–Trinajstić information content (AvgIpc) is 2.75. The number of carbonyl (C=O) groups is 1. The van der Waals surface area contributed by atoms with Gasteiger partial charge in [0.25, 0.3) is 0 Å². The van der Waals surface area contributed by atoms with Crippen LogP contribution in [0.15, 0.2) is 48.5 Å². The van der Waals surface area contributed by atoms with Crippen molar-refractivity contribution in [1.29, 1.82) is 0 Å². The summed E-state index contributed by atoms with van der Waals surface area (Å²) in [4.78, 5) is 10.7. The average molecular weight is 411 g/mol. The van der Waals surface area contributed by atoms with Gasteiger partial charge in [0.05, 0.1) is 6.61 Å². The lowest BCUT2D eigenvalue weighted by atomic mass is 9.81. The lowest BCUT2D eigenvalue weighted by Gasteiger charge is -2.24. The zero-order valence-electron chi connectivity index (χ0n) is 18.7. The first-order valence-corrected chi connectivity index (χ1v) is 11.7. The zero-order valence-corrected chi connectivity index (χ0v) is 18.7. The quantitative estimate of drug-likeness (QED) is 0.256. The summed E-state index contributed by atoms with van der Waals surface area (Å²) >= 11 is 0. The van der Waals surface area contributed by atoms with Gasteiger partial charge in [-0.25, -0.2) is 4.79 Å². The van der Waals surface area contributed by atoms with E-state index in [9.17, 15) is 4.79 Å². The molecule has 0 spiro atoms. The Bertz CT molecular complexity index is 739. The topological polar surface area (TPSA) is 46.5 Å². The van der Waals surface area contributed by atoms with Gasteiger partial charge in [-0.15, -0.1) is 0 Å². The maximum Gasteiger partial charge on any atom is 0.505 e. The van der Waals surface area contributed by atoms with E-state index in [2.05, 4.69) is 62.4 Å². The summed E-state index contributed by atoms with van der Waals surface area (Å²) < 4.78 is 4.78. The summed E-state index contributed by atoms with van der Waals surface area (Å²) in [5, 5.41) is 8.79. The number of carboxylic acid groups (broad SMARTS) is 1. The molecule has 2 rings (SSSR count). The van der Waals surface area contributed by atoms with Crippen LogP contribution in [0.25, 0.3) is 0 Å². The third-order valence-electron chi connectivity index (χ3n) is 5.83. The van der Waals surface area contributed by atoms with Crippen molar-refractivity contribution in [2.75, 3.05) is 6.61 Å². The number of ether oxygens (including phenoxy) is 1. The van der Waals surface area contributed by atoms with E-state index in [-0.39, 0.29) is 12.5 Å². The van der Waals surface area contributed by atoms with E-state index in [1.807, 2.05) is 0 Å². The standard InChI is InChI=1S/C27H38O3/c1-3-5-8-14-23-17-12-19-26(24(23)18-9-6-4-2)25(20-13-21-30-27(28)29)22-15-10-7-11-16-22/h7,10-12,15-17,19,25H,3-6,8-9,13-14,18,20-21H2,1-2H3,(H,28,29). The van der Waals surface area contributed by atoms with E-state index in [4.69, 9.17) is 9.84 Å². The van der Waals surface area contributed by atoms with Crippen molar-refractivity contribution in [2.24, 2.45) is 0 Å². The fourth-order valence-electron chi connectivity index (χ4n) is 4.27. The first kappa shape index (κ1) is 24.0. The van der Waals surface area contributed by atoms with E-state index >= 15 is 0 Å². The first-order valence-electron chi connectivity index (χ1n) is 11.7. The largest absolute Gasteiger partial charge is 0.505 e. The number of rotatable bonds is 14. The predicted molar refractivity (Wildman–Crippen MR) is 124 cm³/mol. The molecule has 0 aliphatic rings. The second kappa shape index (κ2) is 13.8. The minimum atomic E-state index is -1.19. The molecule has 164 valence electrons. The molecule has 3 nitrogen and oxygen atoms in total. The maximum absolute atomic E-state index is 10.7. The summed E-state index contributed by atoms with van der Waals surface area (Å²) in [5.41, 5.74) is 5.74. The molecule has 0 fully saturated rings. The van der Waals surface area contributed by atoms with Gasteiger partial charge in [-0.1, -0.05) is 88.1 Å². The van der Waals surface area contributed by atoms with Crippen LogP contribution in [-0.4, -0.2) is 17.9 Å². The van der Waals surface area contributed by atoms with Gasteiger partial charge in [0.2, 0.25) is 0 Å². The molecule has 0 radical (unpaired) electrons. The highest BCUT2D eigenvalue weighted by molar-refractivity contribution is 5.56. The fraction of sp³-hybridized carbons (Fsp3) is 0.519. The lowest BCUT2D eigenvalue weighted by molar-refractivity contribution is 0.0898. The molecule has 0 bridgehead atoms. The minimum Gasteiger partial charge on any atom is -0.450 e. The molecule has 3 heteroatoms. The Morgan fingerprint density at radius 3 is 2.23 bits per heavy atom. The molecule has 30 heavy (non-hydrogen) atoms. The molecule has 0 aliphatic carbocycles. The Hall–Kier alpha value is -2.29. The second-order valence-electron chi connectivity index (χ2n) is 8.12. The van der Waals surface area contributed by atoms with Crippen molar-refractivity contribution in [2.45, 2.75) is 84.0 Å². The van der Waals surface area contributed by atoms with Crippen molar-refractivity contribution in [3.8, 4) is 0 Å². The number of aryl methyl sites for hydroxylation is 1. The molecule has 0 aromatic heterocycles. The summed E-state index contributed by atoms with van der Waals surface area (Å²) in [6.07, 6.45) is 10.1. The third kappa shape index (κ3) is 7.85. The van der Waals surface area contributed by atoms with Gasteiger partial charge in [0.15, 0.2) is 0 Å². The van der Waals surface area contributed by atoms with Crippen LogP contribution < -0.4 is 0 Å². The molecule has 1 N–H and O–H groups in total. The summed E-state index contributed by atoms with van der Waals surface area (Å²) in [5.74, 6) is 0.270. The molecule has 1 atom stereocenters. The number of benzene rings is 2. The highest BCUT2D eigenvalue weighted by atomic mass is 16.7. The molecular weight excluding hydrogens is 372 g/mol. The van der Waals surface area contributed by atoms with Crippen molar-refractivity contribution in [3.05, 3.63) is 70.8 Å². The zero-order chi connectivity index (χ0) is 21.6. The highest BCUT2D eigenvalue weighted by Crippen LogP contribution is 2.34. The summed E-state index contributed by atoms with van der Waals surface area (Å²) in [6, 6.07) is 17.5. The molecule has 0 heterocycles. The van der Waals surface area contributed by atoms with Crippen LogP contribution in [0.4, 0.5) is 4.79 Å². The summed E-state index contributed by atoms with van der Waals surface area (Å²) in [7, 11) is 0. The Morgan fingerprint density at radius 1 is 0.867 bits per heavy atom. The smallest absolute Gasteiger partial charge is 0.450 e. The molecular formula is C27H38O3. The maximum atomic E-state index is 10.7. The highest BCUT2D eigenvalue weighted by Gasteiger charge is 2.19. The van der Waals surface area contributed by atoms with E-state index in [1.165, 1.54) is 60.8 Å². The van der Waals surface area contributed by atoms with Crippen LogP contribution in [-0.2, 0) is 17.6 Å².